The molecule has 4 N–H and O–H groups in total. The van der Waals surface area contributed by atoms with Crippen LogP contribution < -0.4 is 11.5 Å². The minimum absolute atomic E-state index is 0.0844. The molecular weight excluding hydrogens is 178 g/mol. The average molecular weight is 193 g/mol. The van der Waals surface area contributed by atoms with Gasteiger partial charge in [-0.25, -0.2) is 15.0 Å². The van der Waals surface area contributed by atoms with Crippen molar-refractivity contribution in [2.24, 2.45) is 11.5 Å². The van der Waals surface area contributed by atoms with E-state index in [1.165, 1.54) is 12.7 Å². The van der Waals surface area contributed by atoms with Gasteiger partial charge in [-0.1, -0.05) is 0 Å². The van der Waals surface area contributed by atoms with Crippen LogP contribution in [-0.2, 0) is 0 Å². The van der Waals surface area contributed by atoms with Gasteiger partial charge in [0.25, 0.3) is 0 Å². The van der Waals surface area contributed by atoms with Crippen molar-refractivity contribution >= 4 is 0 Å². The molecule has 0 saturated heterocycles. The van der Waals surface area contributed by atoms with Gasteiger partial charge >= 0.3 is 0 Å². The molecule has 14 heavy (non-hydrogen) atoms. The van der Waals surface area contributed by atoms with Crippen LogP contribution in [0, 0.1) is 0 Å². The van der Waals surface area contributed by atoms with Crippen molar-refractivity contribution in [3.63, 3.8) is 0 Å². The molecule has 3 atom stereocenters. The number of rotatable bonds is 1. The fraction of sp³-hybridized carbons (Fsp3) is 0.667. The molecule has 0 aliphatic heterocycles. The Kier molecular flexibility index (Phi) is 2.69. The molecule has 1 aliphatic rings. The van der Waals surface area contributed by atoms with E-state index in [2.05, 4.69) is 15.0 Å². The van der Waals surface area contributed by atoms with Crippen LogP contribution in [0.5, 0.6) is 0 Å². The Balaban J connectivity index is 2.12. The van der Waals surface area contributed by atoms with Gasteiger partial charge in [0, 0.05) is 18.0 Å². The molecule has 0 radical (unpaired) electrons. The van der Waals surface area contributed by atoms with E-state index in [0.717, 1.165) is 25.1 Å². The van der Waals surface area contributed by atoms with Gasteiger partial charge in [0.05, 0.1) is 0 Å². The van der Waals surface area contributed by atoms with Crippen LogP contribution in [-0.4, -0.2) is 27.0 Å². The molecule has 1 aromatic rings. The molecule has 0 amide bonds. The summed E-state index contributed by atoms with van der Waals surface area (Å²) in [6.45, 7) is 0. The highest BCUT2D eigenvalue weighted by molar-refractivity contribution is 5.02. The van der Waals surface area contributed by atoms with E-state index in [1.807, 2.05) is 0 Å². The summed E-state index contributed by atoms with van der Waals surface area (Å²) < 4.78 is 0. The zero-order valence-electron chi connectivity index (χ0n) is 8.00. The van der Waals surface area contributed by atoms with E-state index in [-0.39, 0.29) is 18.0 Å². The second kappa shape index (κ2) is 3.98. The molecule has 2 rings (SSSR count). The van der Waals surface area contributed by atoms with Crippen molar-refractivity contribution in [1.29, 1.82) is 0 Å². The number of hydrogen-bond donors (Lipinski definition) is 2. The third-order valence-corrected chi connectivity index (χ3v) is 2.79. The van der Waals surface area contributed by atoms with E-state index in [4.69, 9.17) is 11.5 Å². The van der Waals surface area contributed by atoms with E-state index in [0.29, 0.717) is 0 Å². The zero-order valence-corrected chi connectivity index (χ0v) is 8.00. The van der Waals surface area contributed by atoms with Gasteiger partial charge in [-0.3, -0.25) is 0 Å². The van der Waals surface area contributed by atoms with Crippen molar-refractivity contribution in [3.05, 3.63) is 18.5 Å². The lowest BCUT2D eigenvalue weighted by Gasteiger charge is -2.30. The Hall–Kier alpha value is -1.07. The lowest BCUT2D eigenvalue weighted by atomic mass is 9.82. The second-order valence-electron chi connectivity index (χ2n) is 3.84. The molecular formula is C9H15N5. The molecule has 0 aromatic carbocycles. The first kappa shape index (κ1) is 9.48. The van der Waals surface area contributed by atoms with Gasteiger partial charge in [-0.2, -0.15) is 0 Å². The maximum Gasteiger partial charge on any atom is 0.136 e. The maximum atomic E-state index is 6.02. The zero-order chi connectivity index (χ0) is 9.97. The Morgan fingerprint density at radius 2 is 1.86 bits per heavy atom. The summed E-state index contributed by atoms with van der Waals surface area (Å²) in [5.41, 5.74) is 11.9. The van der Waals surface area contributed by atoms with Crippen LogP contribution in [0.15, 0.2) is 12.7 Å². The minimum Gasteiger partial charge on any atom is -0.328 e. The van der Waals surface area contributed by atoms with Gasteiger partial charge in [0.2, 0.25) is 0 Å². The van der Waals surface area contributed by atoms with Gasteiger partial charge in [-0.05, 0) is 19.3 Å². The molecule has 1 aromatic heterocycles. The molecule has 1 fully saturated rings. The molecule has 0 bridgehead atoms. The van der Waals surface area contributed by atoms with Gasteiger partial charge in [0.1, 0.15) is 18.5 Å². The molecule has 76 valence electrons. The predicted molar refractivity (Wildman–Crippen MR) is 52.4 cm³/mol. The first-order chi connectivity index (χ1) is 6.77. The van der Waals surface area contributed by atoms with Crippen molar-refractivity contribution in [2.45, 2.75) is 37.3 Å². The topological polar surface area (TPSA) is 90.7 Å². The monoisotopic (exact) mass is 193 g/mol. The molecule has 0 spiro atoms. The van der Waals surface area contributed by atoms with Crippen molar-refractivity contribution < 1.29 is 0 Å². The summed E-state index contributed by atoms with van der Waals surface area (Å²) in [6.07, 6.45) is 5.87. The number of hydrogen-bond acceptors (Lipinski definition) is 5. The molecule has 1 saturated carbocycles. The third-order valence-electron chi connectivity index (χ3n) is 2.79. The van der Waals surface area contributed by atoms with Crippen molar-refractivity contribution in [2.75, 3.05) is 0 Å². The summed E-state index contributed by atoms with van der Waals surface area (Å²) in [4.78, 5) is 12.1. The smallest absolute Gasteiger partial charge is 0.136 e. The number of nitrogens with zero attached hydrogens (tertiary/aromatic N) is 3. The average Bonchev–Trinajstić information content (AvgIpc) is 2.19. The highest BCUT2D eigenvalue weighted by Crippen LogP contribution is 2.28. The number of nitrogens with two attached hydrogens (primary N) is 2. The Morgan fingerprint density at radius 3 is 2.50 bits per heavy atom. The SMILES string of the molecule is NC1CCC(c2ncncn2)C(N)C1. The summed E-state index contributed by atoms with van der Waals surface area (Å²) in [7, 11) is 0. The van der Waals surface area contributed by atoms with Gasteiger partial charge in [0.15, 0.2) is 0 Å². The van der Waals surface area contributed by atoms with Gasteiger partial charge < -0.3 is 11.5 Å². The fourth-order valence-electron chi connectivity index (χ4n) is 2.00. The summed E-state index contributed by atoms with van der Waals surface area (Å²) in [5, 5.41) is 0. The highest BCUT2D eigenvalue weighted by Gasteiger charge is 2.28. The quantitative estimate of drug-likeness (QED) is 0.644. The standard InChI is InChI=1S/C9H15N5/c10-6-1-2-7(8(11)3-6)9-13-4-12-5-14-9/h4-8H,1-3,10-11H2. The van der Waals surface area contributed by atoms with Gasteiger partial charge in [-0.15, -0.1) is 0 Å². The highest BCUT2D eigenvalue weighted by atomic mass is 15.0. The normalized spacial score (nSPS) is 32.9. The fourth-order valence-corrected chi connectivity index (χ4v) is 2.00. The first-order valence-electron chi connectivity index (χ1n) is 4.90. The summed E-state index contributed by atoms with van der Waals surface area (Å²) in [5.74, 6) is 1.05. The number of aromatic nitrogens is 3. The van der Waals surface area contributed by atoms with Crippen LogP contribution in [0.25, 0.3) is 0 Å². The maximum absolute atomic E-state index is 6.02. The van der Waals surface area contributed by atoms with Crippen LogP contribution in [0.4, 0.5) is 0 Å². The molecule has 5 nitrogen and oxygen atoms in total. The minimum atomic E-state index is 0.0844. The van der Waals surface area contributed by atoms with E-state index < -0.39 is 0 Å². The largest absolute Gasteiger partial charge is 0.328 e. The molecule has 5 heteroatoms. The third kappa shape index (κ3) is 1.88. The van der Waals surface area contributed by atoms with E-state index >= 15 is 0 Å². The molecule has 1 heterocycles. The second-order valence-corrected chi connectivity index (χ2v) is 3.84. The van der Waals surface area contributed by atoms with Crippen LogP contribution in [0.1, 0.15) is 31.0 Å². The lowest BCUT2D eigenvalue weighted by Crippen LogP contribution is -2.41. The van der Waals surface area contributed by atoms with Crippen molar-refractivity contribution in [1.82, 2.24) is 15.0 Å². The van der Waals surface area contributed by atoms with Crippen molar-refractivity contribution in [3.8, 4) is 0 Å². The summed E-state index contributed by atoms with van der Waals surface area (Å²) >= 11 is 0. The van der Waals surface area contributed by atoms with Crippen LogP contribution >= 0.6 is 0 Å². The van der Waals surface area contributed by atoms with E-state index in [9.17, 15) is 0 Å². The molecule has 1 aliphatic carbocycles. The lowest BCUT2D eigenvalue weighted by molar-refractivity contribution is 0.337. The van der Waals surface area contributed by atoms with E-state index in [1.54, 1.807) is 0 Å². The first-order valence-corrected chi connectivity index (χ1v) is 4.90. The Bertz CT molecular complexity index is 289. The Labute approximate surface area is 83.0 Å². The van der Waals surface area contributed by atoms with Crippen LogP contribution in [0.2, 0.25) is 0 Å². The molecule has 3 unspecified atom stereocenters. The van der Waals surface area contributed by atoms with Crippen LogP contribution in [0.3, 0.4) is 0 Å². The summed E-state index contributed by atoms with van der Waals surface area (Å²) in [6, 6.07) is 0.323. The Morgan fingerprint density at radius 1 is 1.14 bits per heavy atom. The predicted octanol–water partition coefficient (Wildman–Crippen LogP) is -0.206.